The number of ether oxygens (including phenoxy) is 2. The molecule has 8 N–H and O–H groups in total. The number of carbonyl (C=O) groups excluding carboxylic acids is 6. The van der Waals surface area contributed by atoms with Crippen molar-refractivity contribution in [2.75, 3.05) is 54.5 Å². The van der Waals surface area contributed by atoms with Gasteiger partial charge in [-0.3, -0.25) is 88.7 Å². The second kappa shape index (κ2) is 42.9. The summed E-state index contributed by atoms with van der Waals surface area (Å²) in [6.45, 7) is 1.29. The zero-order chi connectivity index (χ0) is 89.0. The number of methoxy groups -OCH3 is 1. The molecule has 5 aliphatic rings. The number of nitrogens with two attached hydrogens (primary N) is 1. The van der Waals surface area contributed by atoms with Crippen molar-refractivity contribution >= 4 is 109 Å². The average Bonchev–Trinajstić information content (AvgIpc) is 1.64. The highest BCUT2D eigenvalue weighted by molar-refractivity contribution is 7.93. The SMILES string of the molecule is CN(CC(=O)Nc1n[nH]c(-c2ccccn2)n1)Cc1ccccc1.COc1ccccc1-c1cc(C(=O)NC2=NN=C(c3ccccn3)C2)no1.NC(=O)c1ccc(OCC(=O)CC2=NN=C(c3ccccn3)C2)cc1.O=C(CCC1=Nc2ccccc2C1)NC1=NN=C(c2ccccn2)C1.O=C(Nc1n[nH]c(-c2ccccn2)n1)c1cccc(N2CCCS2(=O)=O)c1. The summed E-state index contributed by atoms with van der Waals surface area (Å²) in [7, 11) is 0.159. The molecule has 8 aromatic heterocycles. The maximum absolute atomic E-state index is 12.5. The van der Waals surface area contributed by atoms with Crippen molar-refractivity contribution in [3.63, 3.8) is 0 Å². The first-order valence-electron chi connectivity index (χ1n) is 40.0. The van der Waals surface area contributed by atoms with E-state index in [4.69, 9.17) is 19.7 Å². The summed E-state index contributed by atoms with van der Waals surface area (Å²) in [4.78, 5) is 108. The van der Waals surface area contributed by atoms with E-state index in [1.165, 1.54) is 9.87 Å². The van der Waals surface area contributed by atoms with Gasteiger partial charge in [0.1, 0.15) is 41.2 Å². The number of aromatic amines is 2. The minimum absolute atomic E-state index is 0.0603. The van der Waals surface area contributed by atoms with Gasteiger partial charge in [-0.1, -0.05) is 102 Å². The van der Waals surface area contributed by atoms with Crippen LogP contribution in [0.2, 0.25) is 0 Å². The van der Waals surface area contributed by atoms with Crippen molar-refractivity contribution < 1.29 is 51.2 Å². The van der Waals surface area contributed by atoms with E-state index in [1.807, 2.05) is 158 Å². The second-order valence-electron chi connectivity index (χ2n) is 28.6. The van der Waals surface area contributed by atoms with Crippen molar-refractivity contribution in [3.8, 4) is 45.9 Å². The number of anilines is 3. The fraction of sp³-hybridized carbons (Fsp3) is 0.167. The second-order valence-corrected chi connectivity index (χ2v) is 30.6. The number of amidine groups is 2. The van der Waals surface area contributed by atoms with E-state index in [0.717, 1.165) is 51.9 Å². The first-order chi connectivity index (χ1) is 62.4. The van der Waals surface area contributed by atoms with Crippen LogP contribution in [-0.2, 0) is 37.4 Å². The van der Waals surface area contributed by atoms with Crippen LogP contribution in [0.15, 0.2) is 296 Å². The van der Waals surface area contributed by atoms with Crippen LogP contribution >= 0.6 is 0 Å². The molecular formula is C90H82N26O11S. The maximum atomic E-state index is 12.5. The molecule has 13 heterocycles. The fourth-order valence-corrected chi connectivity index (χ4v) is 14.6. The minimum atomic E-state index is -3.30. The molecule has 5 aromatic carbocycles. The number of Topliss-reactive ketones (excluding diaryl/α,β-unsaturated/α-hetero) is 1. The lowest BCUT2D eigenvalue weighted by Crippen LogP contribution is -2.30. The first kappa shape index (κ1) is 87.7. The Kier molecular flexibility index (Phi) is 29.4. The summed E-state index contributed by atoms with van der Waals surface area (Å²) in [6.07, 6.45) is 12.4. The highest BCUT2D eigenvalue weighted by Gasteiger charge is 2.30. The Morgan fingerprint density at radius 2 is 1.11 bits per heavy atom. The molecule has 0 atom stereocenters. The average molecular weight is 1740 g/mol. The van der Waals surface area contributed by atoms with Gasteiger partial charge in [0.2, 0.25) is 39.6 Å². The number of aliphatic imine (C=N–C) groups is 1. The Morgan fingerprint density at radius 3 is 1.70 bits per heavy atom. The van der Waals surface area contributed by atoms with Crippen LogP contribution in [0.4, 0.5) is 23.3 Å². The summed E-state index contributed by atoms with van der Waals surface area (Å²) in [5.41, 5.74) is 18.1. The van der Waals surface area contributed by atoms with Crippen LogP contribution in [-0.4, -0.2) is 189 Å². The number of benzene rings is 5. The molecule has 37 nitrogen and oxygen atoms in total. The minimum Gasteiger partial charge on any atom is -0.496 e. The third-order valence-corrected chi connectivity index (χ3v) is 21.1. The van der Waals surface area contributed by atoms with Crippen molar-refractivity contribution in [2.45, 2.75) is 57.9 Å². The number of primary amides is 1. The van der Waals surface area contributed by atoms with Gasteiger partial charge >= 0.3 is 0 Å². The topological polar surface area (TPSA) is 496 Å². The van der Waals surface area contributed by atoms with Crippen molar-refractivity contribution in [2.24, 2.45) is 41.3 Å². The first-order valence-corrected chi connectivity index (χ1v) is 41.6. The van der Waals surface area contributed by atoms with E-state index in [2.05, 4.69) is 123 Å². The largest absolute Gasteiger partial charge is 0.496 e. The van der Waals surface area contributed by atoms with Crippen LogP contribution in [0.5, 0.6) is 11.5 Å². The van der Waals surface area contributed by atoms with Gasteiger partial charge in [-0.2, -0.15) is 30.4 Å². The van der Waals surface area contributed by atoms with Gasteiger partial charge in [0.05, 0.1) is 95.5 Å². The fourth-order valence-electron chi connectivity index (χ4n) is 13.0. The number of likely N-dealkylation sites (N-methyl/N-ethyl adjacent to an activating group) is 1. The van der Waals surface area contributed by atoms with Gasteiger partial charge in [-0.25, -0.2) is 8.42 Å². The van der Waals surface area contributed by atoms with Gasteiger partial charge in [-0.05, 0) is 152 Å². The Bertz CT molecular complexity index is 6460. The summed E-state index contributed by atoms with van der Waals surface area (Å²) in [5, 5.41) is 52.5. The molecule has 128 heavy (non-hydrogen) atoms. The zero-order valence-electron chi connectivity index (χ0n) is 68.9. The number of nitrogens with one attached hydrogen (secondary N) is 6. The predicted octanol–water partition coefficient (Wildman–Crippen LogP) is 10.9. The number of pyridine rings is 5. The standard InChI is InChI=1S/C19H15N5O3.C19H17N5O.C18H16N4O3.C17H16N6O3S.C17H18N6O/c1-26-16-8-3-2-6-12(16)17-10-15(24-27-17)19(25)21-18-11-14(22-23-18)13-7-4-5-9-20-13;25-19(9-8-14-11-13-5-1-2-6-15(13)21-14)22-18-12-17(23-24-18)16-7-3-4-10-20-16;19-18(24)12-4-6-15(7-5-12)25-11-14(23)9-13-10-17(22-21-13)16-3-1-2-8-20-16;24-16(20-17-19-15(21-22-17)14-7-1-2-8-18-14)12-5-3-6-13(11-12)23-9-4-10-27(23,25)26;1-23(11-13-7-3-2-4-8-13)12-15(24)19-17-20-16(21-22-17)14-9-5-6-10-18-14/h2-10H,11H2,1H3,(H,21,23,25);1-7,10H,8-9,11-12H2,(H,22,24,25);1-8H,9-11H2,(H2,19,24);1-3,5-8,11H,4,9-10H2,(H2,19,20,21,22,24);2-10H,11-12H2,1H3,(H2,19,20,21,22,24). The van der Waals surface area contributed by atoms with E-state index in [-0.39, 0.29) is 60.5 Å². The number of rotatable bonds is 25. The number of fused-ring (bicyclic) bond motifs is 1. The molecule has 1 saturated heterocycles. The molecule has 644 valence electrons. The Hall–Kier alpha value is -16.6. The number of amides is 5. The summed E-state index contributed by atoms with van der Waals surface area (Å²) in [5.74, 6) is 2.32. The molecule has 13 aromatic rings. The molecule has 38 heteroatoms. The smallest absolute Gasteiger partial charge is 0.278 e. The van der Waals surface area contributed by atoms with E-state index in [9.17, 15) is 37.2 Å². The third-order valence-electron chi connectivity index (χ3n) is 19.2. The van der Waals surface area contributed by atoms with Crippen molar-refractivity contribution in [3.05, 3.63) is 300 Å². The highest BCUT2D eigenvalue weighted by atomic mass is 32.2. The lowest BCUT2D eigenvalue weighted by Gasteiger charge is -2.17. The Balaban J connectivity index is 0.000000130. The number of ketones is 1. The van der Waals surface area contributed by atoms with Crippen LogP contribution in [0.3, 0.4) is 0 Å². The predicted molar refractivity (Wildman–Crippen MR) is 480 cm³/mol. The number of H-pyrrole nitrogens is 2. The number of nitrogens with zero attached hydrogens (tertiary/aromatic N) is 19. The van der Waals surface area contributed by atoms with Gasteiger partial charge in [0, 0.05) is 86.2 Å². The number of hydrogen-bond acceptors (Lipinski definition) is 29. The van der Waals surface area contributed by atoms with Gasteiger partial charge < -0.3 is 30.4 Å². The summed E-state index contributed by atoms with van der Waals surface area (Å²) in [6, 6.07) is 67.4. The third kappa shape index (κ3) is 24.6. The molecule has 0 radical (unpaired) electrons. The van der Waals surface area contributed by atoms with Crippen molar-refractivity contribution in [1.82, 2.24) is 76.0 Å². The summed E-state index contributed by atoms with van der Waals surface area (Å²) < 4.78 is 41.5. The van der Waals surface area contributed by atoms with Crippen LogP contribution in [0.25, 0.3) is 34.4 Å². The van der Waals surface area contributed by atoms with Crippen LogP contribution in [0.1, 0.15) is 104 Å². The number of aromatic nitrogens is 12. The van der Waals surface area contributed by atoms with E-state index in [0.29, 0.717) is 137 Å². The summed E-state index contributed by atoms with van der Waals surface area (Å²) >= 11 is 0. The zero-order valence-corrected chi connectivity index (χ0v) is 69.7. The molecule has 18 rings (SSSR count). The van der Waals surface area contributed by atoms with Gasteiger partial charge in [0.15, 0.2) is 28.9 Å². The molecule has 0 bridgehead atoms. The van der Waals surface area contributed by atoms with E-state index in [1.54, 1.807) is 111 Å². The lowest BCUT2D eigenvalue weighted by atomic mass is 10.1. The molecule has 5 aliphatic heterocycles. The molecule has 0 aliphatic carbocycles. The molecule has 5 amide bonds. The van der Waals surface area contributed by atoms with Crippen LogP contribution < -0.4 is 40.8 Å². The lowest BCUT2D eigenvalue weighted by molar-refractivity contribution is -0.120. The van der Waals surface area contributed by atoms with Crippen LogP contribution in [0, 0.1) is 0 Å². The Labute approximate surface area is 732 Å². The number of para-hydroxylation sites is 2. The molecule has 1 fully saturated rings. The van der Waals surface area contributed by atoms with Gasteiger partial charge in [0.25, 0.3) is 11.8 Å². The highest BCUT2D eigenvalue weighted by Crippen LogP contribution is 2.32. The molecule has 0 saturated carbocycles. The normalized spacial score (nSPS) is 13.6. The van der Waals surface area contributed by atoms with E-state index >= 15 is 0 Å². The Morgan fingerprint density at radius 1 is 0.539 bits per heavy atom. The number of sulfonamides is 1. The molecular weight excluding hydrogens is 1650 g/mol. The van der Waals surface area contributed by atoms with E-state index < -0.39 is 27.7 Å². The van der Waals surface area contributed by atoms with Gasteiger partial charge in [-0.15, -0.1) is 20.4 Å². The van der Waals surface area contributed by atoms with Crippen molar-refractivity contribution in [1.29, 1.82) is 0 Å². The molecule has 0 unspecified atom stereocenters. The number of carbonyl (C=O) groups is 6. The quantitative estimate of drug-likeness (QED) is 0.0279. The molecule has 0 spiro atoms. The monoisotopic (exact) mass is 1730 g/mol. The maximum Gasteiger partial charge on any atom is 0.278 e. The number of hydrogen-bond donors (Lipinski definition) is 7.